The lowest BCUT2D eigenvalue weighted by Gasteiger charge is -2.28. The Kier molecular flexibility index (Phi) is 7.60. The van der Waals surface area contributed by atoms with Crippen LogP contribution < -0.4 is 5.32 Å². The van der Waals surface area contributed by atoms with E-state index in [9.17, 15) is 8.42 Å². The Hall–Kier alpha value is 0.220. The molecule has 0 heterocycles. The molecular formula is C12H25NO3S2. The summed E-state index contributed by atoms with van der Waals surface area (Å²) in [5.74, 6) is 2.02. The van der Waals surface area contributed by atoms with Crippen LogP contribution in [0.5, 0.6) is 0 Å². The molecule has 0 radical (unpaired) electrons. The molecular weight excluding hydrogens is 270 g/mol. The molecule has 1 fully saturated rings. The summed E-state index contributed by atoms with van der Waals surface area (Å²) in [6.45, 7) is 1.19. The summed E-state index contributed by atoms with van der Waals surface area (Å²) < 4.78 is 23.0. The van der Waals surface area contributed by atoms with Gasteiger partial charge in [-0.1, -0.05) is 6.42 Å². The van der Waals surface area contributed by atoms with Crippen molar-refractivity contribution in [2.45, 2.75) is 43.4 Å². The van der Waals surface area contributed by atoms with Crippen LogP contribution in [0.25, 0.3) is 0 Å². The van der Waals surface area contributed by atoms with Crippen LogP contribution in [0, 0.1) is 0 Å². The third-order valence-electron chi connectivity index (χ3n) is 3.36. The smallest absolute Gasteiger partial charge is 0.150 e. The lowest BCUT2D eigenvalue weighted by Crippen LogP contribution is -2.39. The molecule has 1 aliphatic rings. The SMILES string of the molecule is CS(=O)(=O)C1CCCC(NCCSCCCO)C1. The highest BCUT2D eigenvalue weighted by atomic mass is 32.2. The van der Waals surface area contributed by atoms with Gasteiger partial charge in [0.25, 0.3) is 0 Å². The van der Waals surface area contributed by atoms with Crippen molar-refractivity contribution in [3.05, 3.63) is 0 Å². The molecule has 0 bridgehead atoms. The number of aliphatic hydroxyl groups is 1. The lowest BCUT2D eigenvalue weighted by molar-refractivity contribution is 0.296. The summed E-state index contributed by atoms with van der Waals surface area (Å²) in [6.07, 6.45) is 5.89. The summed E-state index contributed by atoms with van der Waals surface area (Å²) >= 11 is 1.83. The molecule has 2 atom stereocenters. The second-order valence-electron chi connectivity index (χ2n) is 4.96. The maximum atomic E-state index is 11.5. The first kappa shape index (κ1) is 16.3. The fourth-order valence-corrected chi connectivity index (χ4v) is 4.30. The Labute approximate surface area is 115 Å². The maximum Gasteiger partial charge on any atom is 0.150 e. The van der Waals surface area contributed by atoms with Gasteiger partial charge in [-0.15, -0.1) is 0 Å². The Morgan fingerprint density at radius 3 is 2.78 bits per heavy atom. The van der Waals surface area contributed by atoms with Crippen molar-refractivity contribution >= 4 is 21.6 Å². The quantitative estimate of drug-likeness (QED) is 0.655. The highest BCUT2D eigenvalue weighted by Crippen LogP contribution is 2.23. The molecule has 2 N–H and O–H groups in total. The summed E-state index contributed by atoms with van der Waals surface area (Å²) in [6, 6.07) is 0.358. The molecule has 0 aliphatic heterocycles. The summed E-state index contributed by atoms with van der Waals surface area (Å²) in [5.41, 5.74) is 0. The van der Waals surface area contributed by atoms with E-state index in [-0.39, 0.29) is 11.9 Å². The van der Waals surface area contributed by atoms with E-state index in [0.717, 1.165) is 50.2 Å². The van der Waals surface area contributed by atoms with Crippen molar-refractivity contribution < 1.29 is 13.5 Å². The van der Waals surface area contributed by atoms with Crippen molar-refractivity contribution in [2.75, 3.05) is 30.9 Å². The third kappa shape index (κ3) is 6.41. The fourth-order valence-electron chi connectivity index (χ4n) is 2.32. The van der Waals surface area contributed by atoms with Gasteiger partial charge in [0.05, 0.1) is 5.25 Å². The first-order valence-corrected chi connectivity index (χ1v) is 9.76. The molecule has 1 rings (SSSR count). The number of hydrogen-bond acceptors (Lipinski definition) is 5. The van der Waals surface area contributed by atoms with Crippen LogP contribution in [0.4, 0.5) is 0 Å². The predicted octanol–water partition coefficient (Wildman–Crippen LogP) is 1.05. The van der Waals surface area contributed by atoms with Crippen LogP contribution in [-0.4, -0.2) is 55.7 Å². The zero-order valence-electron chi connectivity index (χ0n) is 11.1. The van der Waals surface area contributed by atoms with Crippen molar-refractivity contribution in [3.63, 3.8) is 0 Å². The number of hydrogen-bond donors (Lipinski definition) is 2. The van der Waals surface area contributed by atoms with Gasteiger partial charge in [0.2, 0.25) is 0 Å². The minimum atomic E-state index is -2.87. The van der Waals surface area contributed by atoms with Gasteiger partial charge in [0, 0.05) is 31.2 Å². The topological polar surface area (TPSA) is 66.4 Å². The molecule has 18 heavy (non-hydrogen) atoms. The van der Waals surface area contributed by atoms with Crippen LogP contribution in [0.3, 0.4) is 0 Å². The standard InChI is InChI=1S/C12H25NO3S2/c1-18(15,16)12-5-2-4-11(10-12)13-6-9-17-8-3-7-14/h11-14H,2-10H2,1H3. The number of sulfone groups is 1. The second kappa shape index (κ2) is 8.40. The summed E-state index contributed by atoms with van der Waals surface area (Å²) in [5, 5.41) is 12.0. The van der Waals surface area contributed by atoms with Crippen LogP contribution in [-0.2, 0) is 9.84 Å². The Morgan fingerprint density at radius 2 is 2.11 bits per heavy atom. The number of thioether (sulfide) groups is 1. The van der Waals surface area contributed by atoms with Crippen molar-refractivity contribution in [1.29, 1.82) is 0 Å². The van der Waals surface area contributed by atoms with E-state index in [1.807, 2.05) is 11.8 Å². The highest BCUT2D eigenvalue weighted by Gasteiger charge is 2.28. The zero-order valence-corrected chi connectivity index (χ0v) is 12.7. The molecule has 0 aromatic rings. The van der Waals surface area contributed by atoms with E-state index in [2.05, 4.69) is 5.32 Å². The predicted molar refractivity (Wildman–Crippen MR) is 77.9 cm³/mol. The molecule has 0 amide bonds. The molecule has 0 aromatic heterocycles. The number of rotatable bonds is 8. The molecule has 4 nitrogen and oxygen atoms in total. The van der Waals surface area contributed by atoms with E-state index in [1.54, 1.807) is 0 Å². The van der Waals surface area contributed by atoms with Crippen molar-refractivity contribution in [2.24, 2.45) is 0 Å². The van der Waals surface area contributed by atoms with Crippen molar-refractivity contribution in [3.8, 4) is 0 Å². The molecule has 1 aliphatic carbocycles. The maximum absolute atomic E-state index is 11.5. The average molecular weight is 295 g/mol. The summed E-state index contributed by atoms with van der Waals surface area (Å²) in [4.78, 5) is 0. The van der Waals surface area contributed by atoms with Gasteiger partial charge in [-0.3, -0.25) is 0 Å². The first-order chi connectivity index (χ1) is 8.54. The van der Waals surface area contributed by atoms with E-state index >= 15 is 0 Å². The van der Waals surface area contributed by atoms with Gasteiger partial charge in [0.1, 0.15) is 9.84 Å². The number of nitrogens with one attached hydrogen (secondary N) is 1. The van der Waals surface area contributed by atoms with Crippen LogP contribution in [0.1, 0.15) is 32.1 Å². The lowest BCUT2D eigenvalue weighted by atomic mass is 9.95. The van der Waals surface area contributed by atoms with Crippen molar-refractivity contribution in [1.82, 2.24) is 5.32 Å². The monoisotopic (exact) mass is 295 g/mol. The molecule has 0 spiro atoms. The molecule has 1 saturated carbocycles. The third-order valence-corrected chi connectivity index (χ3v) is 6.07. The minimum Gasteiger partial charge on any atom is -0.396 e. The van der Waals surface area contributed by atoms with Gasteiger partial charge in [0.15, 0.2) is 0 Å². The fraction of sp³-hybridized carbons (Fsp3) is 1.00. The second-order valence-corrected chi connectivity index (χ2v) is 8.51. The molecule has 108 valence electrons. The van der Waals surface area contributed by atoms with Gasteiger partial charge >= 0.3 is 0 Å². The van der Waals surface area contributed by atoms with Crippen LogP contribution in [0.2, 0.25) is 0 Å². The normalized spacial score (nSPS) is 25.2. The number of aliphatic hydroxyl groups excluding tert-OH is 1. The molecule has 6 heteroatoms. The van der Waals surface area contributed by atoms with E-state index in [4.69, 9.17) is 5.11 Å². The molecule has 0 aromatic carbocycles. The van der Waals surface area contributed by atoms with Gasteiger partial charge in [-0.2, -0.15) is 11.8 Å². The van der Waals surface area contributed by atoms with Gasteiger partial charge < -0.3 is 10.4 Å². The van der Waals surface area contributed by atoms with Gasteiger partial charge in [-0.25, -0.2) is 8.42 Å². The highest BCUT2D eigenvalue weighted by molar-refractivity contribution is 7.99. The first-order valence-electron chi connectivity index (χ1n) is 6.65. The largest absolute Gasteiger partial charge is 0.396 e. The van der Waals surface area contributed by atoms with E-state index in [1.165, 1.54) is 6.26 Å². The minimum absolute atomic E-state index is 0.147. The Balaban J connectivity index is 2.15. The van der Waals surface area contributed by atoms with Gasteiger partial charge in [-0.05, 0) is 31.4 Å². The van der Waals surface area contributed by atoms with E-state index < -0.39 is 9.84 Å². The van der Waals surface area contributed by atoms with Crippen LogP contribution >= 0.6 is 11.8 Å². The summed E-state index contributed by atoms with van der Waals surface area (Å²) in [7, 11) is -2.87. The zero-order chi connectivity index (χ0) is 13.4. The average Bonchev–Trinajstić information content (AvgIpc) is 2.33. The molecule has 0 saturated heterocycles. The van der Waals surface area contributed by atoms with E-state index in [0.29, 0.717) is 6.04 Å². The Morgan fingerprint density at radius 1 is 1.33 bits per heavy atom. The van der Waals surface area contributed by atoms with Crippen LogP contribution in [0.15, 0.2) is 0 Å². The Bertz CT molecular complexity index is 319. The molecule has 2 unspecified atom stereocenters.